The summed E-state index contributed by atoms with van der Waals surface area (Å²) < 4.78 is 4.77. The molecule has 21 heavy (non-hydrogen) atoms. The van der Waals surface area contributed by atoms with E-state index in [9.17, 15) is 14.4 Å². The minimum atomic E-state index is -0.932. The molecule has 0 fully saturated rings. The van der Waals surface area contributed by atoms with Crippen LogP contribution in [-0.2, 0) is 20.7 Å². The van der Waals surface area contributed by atoms with Crippen molar-refractivity contribution in [3.8, 4) is 0 Å². The molecule has 1 aromatic heterocycles. The number of amides is 1. The van der Waals surface area contributed by atoms with Crippen LogP contribution >= 0.6 is 11.3 Å². The smallest absolute Gasteiger partial charge is 0.341 e. The van der Waals surface area contributed by atoms with Crippen molar-refractivity contribution in [2.75, 3.05) is 12.4 Å². The van der Waals surface area contributed by atoms with Gasteiger partial charge in [0.1, 0.15) is 5.00 Å². The molecule has 0 aliphatic heterocycles. The quantitative estimate of drug-likeness (QED) is 0.755. The van der Waals surface area contributed by atoms with Crippen LogP contribution in [0.3, 0.4) is 0 Å². The molecule has 6 nitrogen and oxygen atoms in total. The molecule has 0 unspecified atom stereocenters. The summed E-state index contributed by atoms with van der Waals surface area (Å²) in [6.45, 7) is 3.82. The highest BCUT2D eigenvalue weighted by Gasteiger charge is 2.22. The Bertz CT molecular complexity index is 550. The number of esters is 1. The summed E-state index contributed by atoms with van der Waals surface area (Å²) in [7, 11) is 1.30. The number of carbonyl (C=O) groups excluding carboxylic acids is 2. The van der Waals surface area contributed by atoms with Crippen molar-refractivity contribution in [1.29, 1.82) is 0 Å². The number of rotatable bonds is 7. The molecule has 0 spiro atoms. The minimum absolute atomic E-state index is 0.0546. The Morgan fingerprint density at radius 3 is 2.48 bits per heavy atom. The van der Waals surface area contributed by atoms with Gasteiger partial charge in [-0.3, -0.25) is 9.59 Å². The number of ether oxygens (including phenoxy) is 1. The lowest BCUT2D eigenvalue weighted by Gasteiger charge is -2.06. The molecule has 1 rings (SSSR count). The number of carboxylic acid groups (broad SMARTS) is 1. The summed E-state index contributed by atoms with van der Waals surface area (Å²) in [5.74, 6) is -1.71. The number of anilines is 1. The van der Waals surface area contributed by atoms with Crippen LogP contribution in [0.25, 0.3) is 0 Å². The van der Waals surface area contributed by atoms with E-state index in [1.807, 2.05) is 13.8 Å². The number of hydrogen-bond acceptors (Lipinski definition) is 5. The number of thiophene rings is 1. The first-order valence-electron chi connectivity index (χ1n) is 6.62. The maximum atomic E-state index is 11.9. The van der Waals surface area contributed by atoms with Gasteiger partial charge in [-0.05, 0) is 25.3 Å². The minimum Gasteiger partial charge on any atom is -0.481 e. The number of aryl methyl sites for hydroxylation is 1. The number of nitrogens with one attached hydrogen (secondary N) is 1. The van der Waals surface area contributed by atoms with Gasteiger partial charge in [0, 0.05) is 17.7 Å². The lowest BCUT2D eigenvalue weighted by atomic mass is 10.1. The molecule has 1 aromatic rings. The average Bonchev–Trinajstić information content (AvgIpc) is 2.72. The molecule has 0 aliphatic carbocycles. The standard InChI is InChI=1S/C14H19NO5S/c1-4-9-8(2)21-13(12(9)14(19)20-3)15-10(16)6-5-7-11(17)18/h4-7H2,1-3H3,(H,15,16)(H,17,18). The second-order valence-electron chi connectivity index (χ2n) is 4.48. The third-order valence-electron chi connectivity index (χ3n) is 3.00. The van der Waals surface area contributed by atoms with E-state index < -0.39 is 11.9 Å². The Labute approximate surface area is 127 Å². The van der Waals surface area contributed by atoms with E-state index in [4.69, 9.17) is 9.84 Å². The number of methoxy groups -OCH3 is 1. The summed E-state index contributed by atoms with van der Waals surface area (Å²) in [4.78, 5) is 35.1. The normalized spacial score (nSPS) is 10.2. The number of carbonyl (C=O) groups is 3. The molecule has 0 atom stereocenters. The third-order valence-corrected chi connectivity index (χ3v) is 4.06. The van der Waals surface area contributed by atoms with E-state index in [0.29, 0.717) is 17.0 Å². The van der Waals surface area contributed by atoms with Crippen LogP contribution in [0, 0.1) is 6.92 Å². The Kier molecular flexibility index (Phi) is 6.36. The molecular weight excluding hydrogens is 294 g/mol. The highest BCUT2D eigenvalue weighted by Crippen LogP contribution is 2.34. The fraction of sp³-hybridized carbons (Fsp3) is 0.500. The van der Waals surface area contributed by atoms with Gasteiger partial charge in [-0.1, -0.05) is 6.92 Å². The predicted octanol–water partition coefficient (Wildman–Crippen LogP) is 2.60. The van der Waals surface area contributed by atoms with Gasteiger partial charge in [0.2, 0.25) is 5.91 Å². The maximum Gasteiger partial charge on any atom is 0.341 e. The summed E-state index contributed by atoms with van der Waals surface area (Å²) in [6, 6.07) is 0. The van der Waals surface area contributed by atoms with Crippen molar-refractivity contribution in [1.82, 2.24) is 0 Å². The number of carboxylic acids is 1. The van der Waals surface area contributed by atoms with E-state index in [0.717, 1.165) is 10.4 Å². The molecule has 1 heterocycles. The molecule has 0 radical (unpaired) electrons. The Balaban J connectivity index is 2.85. The fourth-order valence-corrected chi connectivity index (χ4v) is 3.15. The van der Waals surface area contributed by atoms with Gasteiger partial charge < -0.3 is 15.2 Å². The second kappa shape index (κ2) is 7.78. The average molecular weight is 313 g/mol. The molecule has 0 saturated heterocycles. The predicted molar refractivity (Wildman–Crippen MR) is 79.9 cm³/mol. The van der Waals surface area contributed by atoms with Crippen LogP contribution in [0.2, 0.25) is 0 Å². The van der Waals surface area contributed by atoms with Gasteiger partial charge in [0.25, 0.3) is 0 Å². The van der Waals surface area contributed by atoms with Crippen LogP contribution in [0.4, 0.5) is 5.00 Å². The summed E-state index contributed by atoms with van der Waals surface area (Å²) in [5, 5.41) is 11.7. The first-order chi connectivity index (χ1) is 9.90. The Morgan fingerprint density at radius 2 is 1.95 bits per heavy atom. The van der Waals surface area contributed by atoms with Gasteiger partial charge in [-0.15, -0.1) is 11.3 Å². The molecule has 0 bridgehead atoms. The SMILES string of the molecule is CCc1c(C)sc(NC(=O)CCCC(=O)O)c1C(=O)OC. The zero-order valence-electron chi connectivity index (χ0n) is 12.3. The first-order valence-corrected chi connectivity index (χ1v) is 7.44. The molecule has 0 aliphatic rings. The molecule has 1 amide bonds. The number of aliphatic carboxylic acids is 1. The van der Waals surface area contributed by atoms with Crippen molar-refractivity contribution in [3.63, 3.8) is 0 Å². The molecule has 0 aromatic carbocycles. The van der Waals surface area contributed by atoms with Crippen LogP contribution in [0.5, 0.6) is 0 Å². The second-order valence-corrected chi connectivity index (χ2v) is 5.71. The zero-order chi connectivity index (χ0) is 16.0. The van der Waals surface area contributed by atoms with E-state index in [1.165, 1.54) is 18.4 Å². The highest BCUT2D eigenvalue weighted by atomic mass is 32.1. The topological polar surface area (TPSA) is 92.7 Å². The Morgan fingerprint density at radius 1 is 1.29 bits per heavy atom. The van der Waals surface area contributed by atoms with Crippen LogP contribution in [0.1, 0.15) is 47.0 Å². The van der Waals surface area contributed by atoms with Gasteiger partial charge in [-0.25, -0.2) is 4.79 Å². The van der Waals surface area contributed by atoms with Gasteiger partial charge in [0.15, 0.2) is 0 Å². The third kappa shape index (κ3) is 4.56. The van der Waals surface area contributed by atoms with Crippen LogP contribution in [0.15, 0.2) is 0 Å². The molecule has 7 heteroatoms. The maximum absolute atomic E-state index is 11.9. The van der Waals surface area contributed by atoms with Gasteiger partial charge >= 0.3 is 11.9 Å². The Hall–Kier alpha value is -1.89. The van der Waals surface area contributed by atoms with E-state index in [2.05, 4.69) is 5.32 Å². The molecular formula is C14H19NO5S. The van der Waals surface area contributed by atoms with E-state index in [1.54, 1.807) is 0 Å². The van der Waals surface area contributed by atoms with Crippen molar-refractivity contribution < 1.29 is 24.2 Å². The zero-order valence-corrected chi connectivity index (χ0v) is 13.1. The van der Waals surface area contributed by atoms with Crippen LogP contribution < -0.4 is 5.32 Å². The highest BCUT2D eigenvalue weighted by molar-refractivity contribution is 7.16. The first kappa shape index (κ1) is 17.2. The largest absolute Gasteiger partial charge is 0.481 e. The monoisotopic (exact) mass is 313 g/mol. The van der Waals surface area contributed by atoms with Gasteiger partial charge in [0.05, 0.1) is 12.7 Å². The summed E-state index contributed by atoms with van der Waals surface area (Å²) in [5.41, 5.74) is 1.27. The molecule has 2 N–H and O–H groups in total. The number of hydrogen-bond donors (Lipinski definition) is 2. The summed E-state index contributed by atoms with van der Waals surface area (Å²) >= 11 is 1.33. The summed E-state index contributed by atoms with van der Waals surface area (Å²) in [6.07, 6.45) is 0.980. The van der Waals surface area contributed by atoms with Gasteiger partial charge in [-0.2, -0.15) is 0 Å². The van der Waals surface area contributed by atoms with Crippen molar-refractivity contribution in [2.45, 2.75) is 39.5 Å². The van der Waals surface area contributed by atoms with Crippen LogP contribution in [-0.4, -0.2) is 30.1 Å². The molecule has 116 valence electrons. The van der Waals surface area contributed by atoms with Crippen molar-refractivity contribution in [2.24, 2.45) is 0 Å². The fourth-order valence-electron chi connectivity index (χ4n) is 2.00. The van der Waals surface area contributed by atoms with E-state index >= 15 is 0 Å². The van der Waals surface area contributed by atoms with Crippen molar-refractivity contribution >= 4 is 34.2 Å². The lowest BCUT2D eigenvalue weighted by Crippen LogP contribution is -2.14. The molecule has 0 saturated carbocycles. The van der Waals surface area contributed by atoms with E-state index in [-0.39, 0.29) is 25.2 Å². The van der Waals surface area contributed by atoms with Crippen molar-refractivity contribution in [3.05, 3.63) is 16.0 Å². The lowest BCUT2D eigenvalue weighted by molar-refractivity contribution is -0.137.